The van der Waals surface area contributed by atoms with E-state index in [0.29, 0.717) is 19.6 Å². The molecule has 1 heterocycles. The summed E-state index contributed by atoms with van der Waals surface area (Å²) in [7, 11) is -1.40. The standard InChI is InChI=1S/C18H29N3O3S/c1-6-19-17(21-9-10-25(22,23)18(3,4)13-21)20-12-15-7-8-16(24-5)14(2)11-15/h7-8,11H,6,9-10,12-13H2,1-5H3,(H,19,20). The van der Waals surface area contributed by atoms with Crippen LogP contribution in [0, 0.1) is 6.92 Å². The van der Waals surface area contributed by atoms with Crippen LogP contribution in [0.2, 0.25) is 0 Å². The summed E-state index contributed by atoms with van der Waals surface area (Å²) in [6, 6.07) is 6.02. The highest BCUT2D eigenvalue weighted by Crippen LogP contribution is 2.24. The molecule has 0 bridgehead atoms. The average molecular weight is 368 g/mol. The summed E-state index contributed by atoms with van der Waals surface area (Å²) in [6.07, 6.45) is 0. The fourth-order valence-electron chi connectivity index (χ4n) is 2.96. The Kier molecular flexibility index (Phi) is 5.98. The molecule has 1 aliphatic heterocycles. The molecule has 1 saturated heterocycles. The normalized spacial score (nSPS) is 19.6. The summed E-state index contributed by atoms with van der Waals surface area (Å²) in [5, 5.41) is 3.28. The van der Waals surface area contributed by atoms with Crippen LogP contribution >= 0.6 is 0 Å². The lowest BCUT2D eigenvalue weighted by atomic mass is 10.1. The van der Waals surface area contributed by atoms with Crippen LogP contribution in [0.4, 0.5) is 0 Å². The molecule has 140 valence electrons. The first-order valence-corrected chi connectivity index (χ1v) is 10.2. The van der Waals surface area contributed by atoms with E-state index in [1.165, 1.54) is 0 Å². The Morgan fingerprint density at radius 2 is 2.12 bits per heavy atom. The number of benzene rings is 1. The van der Waals surface area contributed by atoms with Gasteiger partial charge in [0.1, 0.15) is 5.75 Å². The third-order valence-electron chi connectivity index (χ3n) is 4.55. The van der Waals surface area contributed by atoms with E-state index in [2.05, 4.69) is 11.4 Å². The molecule has 0 aromatic heterocycles. The highest BCUT2D eigenvalue weighted by atomic mass is 32.2. The smallest absolute Gasteiger partial charge is 0.194 e. The largest absolute Gasteiger partial charge is 0.496 e. The van der Waals surface area contributed by atoms with Crippen LogP contribution in [0.3, 0.4) is 0 Å². The summed E-state index contributed by atoms with van der Waals surface area (Å²) >= 11 is 0. The molecule has 0 unspecified atom stereocenters. The first kappa shape index (κ1) is 19.6. The summed E-state index contributed by atoms with van der Waals surface area (Å²) < 4.78 is 28.9. The number of nitrogens with one attached hydrogen (secondary N) is 1. The molecule has 0 saturated carbocycles. The maximum Gasteiger partial charge on any atom is 0.194 e. The van der Waals surface area contributed by atoms with E-state index in [0.717, 1.165) is 29.4 Å². The molecule has 1 N–H and O–H groups in total. The van der Waals surface area contributed by atoms with Crippen LogP contribution in [-0.2, 0) is 16.4 Å². The molecule has 1 fully saturated rings. The number of nitrogens with zero attached hydrogens (tertiary/aromatic N) is 2. The van der Waals surface area contributed by atoms with Crippen molar-refractivity contribution < 1.29 is 13.2 Å². The van der Waals surface area contributed by atoms with E-state index in [9.17, 15) is 8.42 Å². The van der Waals surface area contributed by atoms with Crippen LogP contribution < -0.4 is 10.1 Å². The molecule has 2 rings (SSSR count). The van der Waals surface area contributed by atoms with E-state index < -0.39 is 14.6 Å². The number of aryl methyl sites for hydroxylation is 1. The zero-order chi connectivity index (χ0) is 18.7. The molecule has 1 aromatic carbocycles. The molecule has 7 heteroatoms. The van der Waals surface area contributed by atoms with E-state index in [1.54, 1.807) is 21.0 Å². The Bertz CT molecular complexity index is 742. The van der Waals surface area contributed by atoms with Crippen LogP contribution in [-0.4, -0.2) is 56.5 Å². The fraction of sp³-hybridized carbons (Fsp3) is 0.611. The Labute approximate surface area is 151 Å². The maximum absolute atomic E-state index is 12.2. The molecule has 1 aromatic rings. The van der Waals surface area contributed by atoms with Gasteiger partial charge in [-0.1, -0.05) is 12.1 Å². The molecule has 6 nitrogen and oxygen atoms in total. The minimum Gasteiger partial charge on any atom is -0.496 e. The quantitative estimate of drug-likeness (QED) is 0.651. The minimum atomic E-state index is -3.06. The highest BCUT2D eigenvalue weighted by molar-refractivity contribution is 7.92. The van der Waals surface area contributed by atoms with Crippen LogP contribution in [0.15, 0.2) is 23.2 Å². The number of hydrogen-bond donors (Lipinski definition) is 1. The molecule has 25 heavy (non-hydrogen) atoms. The van der Waals surface area contributed by atoms with Crippen molar-refractivity contribution in [3.8, 4) is 5.75 Å². The van der Waals surface area contributed by atoms with Gasteiger partial charge in [-0.3, -0.25) is 0 Å². The molecule has 0 aliphatic carbocycles. The summed E-state index contributed by atoms with van der Waals surface area (Å²) in [4.78, 5) is 6.76. The van der Waals surface area contributed by atoms with Gasteiger partial charge in [0, 0.05) is 19.6 Å². The predicted octanol–water partition coefficient (Wildman–Crippen LogP) is 1.98. The van der Waals surface area contributed by atoms with Crippen LogP contribution in [0.5, 0.6) is 5.75 Å². The van der Waals surface area contributed by atoms with Gasteiger partial charge in [0.2, 0.25) is 0 Å². The van der Waals surface area contributed by atoms with Crippen molar-refractivity contribution in [3.05, 3.63) is 29.3 Å². The summed E-state index contributed by atoms with van der Waals surface area (Å²) in [5.74, 6) is 1.79. The monoisotopic (exact) mass is 367 g/mol. The van der Waals surface area contributed by atoms with E-state index in [4.69, 9.17) is 9.73 Å². The van der Waals surface area contributed by atoms with Crippen molar-refractivity contribution in [1.82, 2.24) is 10.2 Å². The van der Waals surface area contributed by atoms with Crippen molar-refractivity contribution in [1.29, 1.82) is 0 Å². The molecular weight excluding hydrogens is 338 g/mol. The van der Waals surface area contributed by atoms with Crippen molar-refractivity contribution in [2.24, 2.45) is 4.99 Å². The lowest BCUT2D eigenvalue weighted by Gasteiger charge is -2.39. The molecule has 1 aliphatic rings. The van der Waals surface area contributed by atoms with Gasteiger partial charge in [-0.25, -0.2) is 13.4 Å². The lowest BCUT2D eigenvalue weighted by molar-refractivity contribution is 0.353. The first-order chi connectivity index (χ1) is 11.7. The third kappa shape index (κ3) is 4.45. The SMILES string of the molecule is CCNC(=NCc1ccc(OC)c(C)c1)N1CCS(=O)(=O)C(C)(C)C1. The predicted molar refractivity (Wildman–Crippen MR) is 102 cm³/mol. The zero-order valence-corrected chi connectivity index (χ0v) is 16.6. The second kappa shape index (κ2) is 7.64. The fourth-order valence-corrected chi connectivity index (χ4v) is 4.32. The minimum absolute atomic E-state index is 0.159. The second-order valence-corrected chi connectivity index (χ2v) is 9.72. The maximum atomic E-state index is 12.2. The van der Waals surface area contributed by atoms with Gasteiger partial charge in [0.15, 0.2) is 15.8 Å². The van der Waals surface area contributed by atoms with Crippen molar-refractivity contribution >= 4 is 15.8 Å². The molecule has 0 radical (unpaired) electrons. The number of methoxy groups -OCH3 is 1. The summed E-state index contributed by atoms with van der Waals surface area (Å²) in [5.41, 5.74) is 2.17. The Balaban J connectivity index is 2.17. The topological polar surface area (TPSA) is 71.0 Å². The van der Waals surface area contributed by atoms with Crippen molar-refractivity contribution in [2.45, 2.75) is 39.0 Å². The first-order valence-electron chi connectivity index (χ1n) is 8.59. The van der Waals surface area contributed by atoms with Crippen LogP contribution in [0.1, 0.15) is 31.9 Å². The summed E-state index contributed by atoms with van der Waals surface area (Å²) in [6.45, 7) is 9.78. The van der Waals surface area contributed by atoms with E-state index in [1.807, 2.05) is 30.9 Å². The van der Waals surface area contributed by atoms with Gasteiger partial charge in [-0.2, -0.15) is 0 Å². The number of aliphatic imine (C=N–C) groups is 1. The molecular formula is C18H29N3O3S. The lowest BCUT2D eigenvalue weighted by Crippen LogP contribution is -2.57. The molecule has 0 atom stereocenters. The Morgan fingerprint density at radius 1 is 1.40 bits per heavy atom. The van der Waals surface area contributed by atoms with Gasteiger partial charge < -0.3 is 15.0 Å². The number of sulfone groups is 1. The number of guanidine groups is 1. The third-order valence-corrected chi connectivity index (χ3v) is 7.08. The van der Waals surface area contributed by atoms with Gasteiger partial charge >= 0.3 is 0 Å². The molecule has 0 spiro atoms. The van der Waals surface area contributed by atoms with Gasteiger partial charge in [0.25, 0.3) is 0 Å². The number of ether oxygens (including phenoxy) is 1. The Morgan fingerprint density at radius 3 is 2.68 bits per heavy atom. The van der Waals surface area contributed by atoms with Gasteiger partial charge in [0.05, 0.1) is 24.2 Å². The van der Waals surface area contributed by atoms with Crippen molar-refractivity contribution in [3.63, 3.8) is 0 Å². The average Bonchev–Trinajstić information content (AvgIpc) is 2.54. The highest BCUT2D eigenvalue weighted by Gasteiger charge is 2.40. The van der Waals surface area contributed by atoms with E-state index >= 15 is 0 Å². The number of hydrogen-bond acceptors (Lipinski definition) is 4. The van der Waals surface area contributed by atoms with Crippen molar-refractivity contribution in [2.75, 3.05) is 32.5 Å². The second-order valence-electron chi connectivity index (χ2n) is 6.97. The zero-order valence-electron chi connectivity index (χ0n) is 15.8. The van der Waals surface area contributed by atoms with Gasteiger partial charge in [-0.05, 0) is 44.9 Å². The number of rotatable bonds is 4. The van der Waals surface area contributed by atoms with Crippen LogP contribution in [0.25, 0.3) is 0 Å². The Hall–Kier alpha value is -1.76. The molecule has 0 amide bonds. The van der Waals surface area contributed by atoms with E-state index in [-0.39, 0.29) is 5.75 Å². The van der Waals surface area contributed by atoms with Gasteiger partial charge in [-0.15, -0.1) is 0 Å².